The summed E-state index contributed by atoms with van der Waals surface area (Å²) in [5.74, 6) is -0.0173. The molecular weight excluding hydrogens is 440 g/mol. The summed E-state index contributed by atoms with van der Waals surface area (Å²) in [5, 5.41) is 0. The number of nitrogens with zero attached hydrogens (tertiary/aromatic N) is 2. The lowest BCUT2D eigenvalue weighted by molar-refractivity contribution is 0.0653. The number of ether oxygens (including phenoxy) is 1. The van der Waals surface area contributed by atoms with Gasteiger partial charge in [-0.05, 0) is 42.8 Å². The highest BCUT2D eigenvalue weighted by atomic mass is 32.2. The molecule has 2 amide bonds. The van der Waals surface area contributed by atoms with Gasteiger partial charge in [-0.2, -0.15) is 0 Å². The fourth-order valence-electron chi connectivity index (χ4n) is 3.92. The van der Waals surface area contributed by atoms with Crippen molar-refractivity contribution in [1.29, 1.82) is 0 Å². The zero-order valence-corrected chi connectivity index (χ0v) is 19.2. The minimum Gasteiger partial charge on any atom is -0.454 e. The van der Waals surface area contributed by atoms with Gasteiger partial charge in [-0.3, -0.25) is 18.8 Å². The molecule has 3 aromatic carbocycles. The molecule has 0 aliphatic carbocycles. The summed E-state index contributed by atoms with van der Waals surface area (Å²) in [4.78, 5) is 26.4. The summed E-state index contributed by atoms with van der Waals surface area (Å²) >= 11 is 0. The third-order valence-corrected chi connectivity index (χ3v) is 7.24. The van der Waals surface area contributed by atoms with Crippen LogP contribution in [0.3, 0.4) is 0 Å². The molecule has 0 unspecified atom stereocenters. The molecule has 0 fully saturated rings. The molecule has 3 aromatic rings. The highest BCUT2D eigenvalue weighted by Gasteiger charge is 2.36. The van der Waals surface area contributed by atoms with Gasteiger partial charge in [-0.1, -0.05) is 50.2 Å². The number of anilines is 1. The molecule has 0 atom stereocenters. The maximum Gasteiger partial charge on any atom is 0.268 e. The van der Waals surface area contributed by atoms with Crippen LogP contribution >= 0.6 is 0 Å². The Kier molecular flexibility index (Phi) is 6.20. The average Bonchev–Trinajstić information content (AvgIpc) is 3.03. The Bertz CT molecular complexity index is 1280. The van der Waals surface area contributed by atoms with Gasteiger partial charge in [0.15, 0.2) is 5.75 Å². The third-order valence-electron chi connectivity index (χ3n) is 5.39. The molecule has 2 heterocycles. The van der Waals surface area contributed by atoms with Crippen molar-refractivity contribution in [2.24, 2.45) is 0 Å². The third kappa shape index (κ3) is 3.87. The molecule has 0 radical (unpaired) electrons. The van der Waals surface area contributed by atoms with Crippen molar-refractivity contribution in [2.75, 3.05) is 17.4 Å². The van der Waals surface area contributed by atoms with Gasteiger partial charge < -0.3 is 4.74 Å². The van der Waals surface area contributed by atoms with Crippen molar-refractivity contribution in [3.05, 3.63) is 83.9 Å². The summed E-state index contributed by atoms with van der Waals surface area (Å²) in [6.45, 7) is 4.20. The SMILES string of the molecule is CC.O=C1c2ccccc2C(=O)N1CCCN1c2ccccc2Oc2ccccc2S1(=O)=O. The van der Waals surface area contributed by atoms with Crippen molar-refractivity contribution in [3.8, 4) is 11.5 Å². The number of para-hydroxylation sites is 3. The predicted octanol–water partition coefficient (Wildman–Crippen LogP) is 4.70. The van der Waals surface area contributed by atoms with Crippen LogP contribution in [0.2, 0.25) is 0 Å². The minimum atomic E-state index is -3.89. The molecule has 0 bridgehead atoms. The number of sulfonamides is 1. The van der Waals surface area contributed by atoms with E-state index in [-0.39, 0.29) is 42.0 Å². The molecule has 2 aliphatic heterocycles. The van der Waals surface area contributed by atoms with Gasteiger partial charge in [0.25, 0.3) is 21.8 Å². The van der Waals surface area contributed by atoms with E-state index in [0.29, 0.717) is 22.6 Å². The summed E-state index contributed by atoms with van der Waals surface area (Å²) in [7, 11) is -3.89. The van der Waals surface area contributed by atoms with Gasteiger partial charge in [-0.15, -0.1) is 0 Å². The number of benzene rings is 3. The summed E-state index contributed by atoms with van der Waals surface area (Å²) in [5.41, 5.74) is 1.17. The van der Waals surface area contributed by atoms with E-state index in [1.165, 1.54) is 15.3 Å². The van der Waals surface area contributed by atoms with Crippen LogP contribution in [0.5, 0.6) is 11.5 Å². The molecular formula is C25H24N2O5S. The Morgan fingerprint density at radius 2 is 1.27 bits per heavy atom. The molecule has 2 aliphatic rings. The number of hydrogen-bond donors (Lipinski definition) is 0. The first kappa shape index (κ1) is 22.5. The zero-order valence-electron chi connectivity index (χ0n) is 18.4. The predicted molar refractivity (Wildman–Crippen MR) is 125 cm³/mol. The van der Waals surface area contributed by atoms with E-state index in [0.717, 1.165) is 0 Å². The monoisotopic (exact) mass is 464 g/mol. The van der Waals surface area contributed by atoms with E-state index < -0.39 is 10.0 Å². The molecule has 8 heteroatoms. The maximum atomic E-state index is 13.4. The van der Waals surface area contributed by atoms with Crippen LogP contribution in [0.25, 0.3) is 0 Å². The summed E-state index contributed by atoms with van der Waals surface area (Å²) in [6.07, 6.45) is 0.279. The topological polar surface area (TPSA) is 84.0 Å². The van der Waals surface area contributed by atoms with Gasteiger partial charge in [0, 0.05) is 13.1 Å². The Morgan fingerprint density at radius 3 is 1.94 bits per heavy atom. The second kappa shape index (κ2) is 9.07. The van der Waals surface area contributed by atoms with Crippen LogP contribution in [0.15, 0.2) is 77.7 Å². The Labute approximate surface area is 193 Å². The van der Waals surface area contributed by atoms with Gasteiger partial charge in [0.1, 0.15) is 10.6 Å². The van der Waals surface area contributed by atoms with Crippen molar-refractivity contribution >= 4 is 27.5 Å². The molecule has 0 spiro atoms. The minimum absolute atomic E-state index is 0.0759. The highest BCUT2D eigenvalue weighted by Crippen LogP contribution is 2.42. The molecule has 0 saturated carbocycles. The van der Waals surface area contributed by atoms with Gasteiger partial charge >= 0.3 is 0 Å². The second-order valence-corrected chi connectivity index (χ2v) is 9.09. The van der Waals surface area contributed by atoms with Crippen LogP contribution in [0, 0.1) is 0 Å². The van der Waals surface area contributed by atoms with Crippen LogP contribution in [-0.4, -0.2) is 38.2 Å². The molecule has 0 aromatic heterocycles. The van der Waals surface area contributed by atoms with E-state index in [2.05, 4.69) is 0 Å². The molecule has 0 N–H and O–H groups in total. The Hall–Kier alpha value is -3.65. The normalized spacial score (nSPS) is 15.5. The van der Waals surface area contributed by atoms with Crippen LogP contribution < -0.4 is 9.04 Å². The van der Waals surface area contributed by atoms with Gasteiger partial charge in [0.2, 0.25) is 0 Å². The fourth-order valence-corrected chi connectivity index (χ4v) is 5.55. The first-order valence-corrected chi connectivity index (χ1v) is 12.3. The lowest BCUT2D eigenvalue weighted by Gasteiger charge is -2.24. The largest absolute Gasteiger partial charge is 0.454 e. The second-order valence-electron chi connectivity index (χ2n) is 7.25. The zero-order chi connectivity index (χ0) is 23.6. The molecule has 170 valence electrons. The maximum absolute atomic E-state index is 13.4. The average molecular weight is 465 g/mol. The van der Waals surface area contributed by atoms with Crippen molar-refractivity contribution in [3.63, 3.8) is 0 Å². The number of fused-ring (bicyclic) bond motifs is 3. The Morgan fingerprint density at radius 1 is 0.727 bits per heavy atom. The van der Waals surface area contributed by atoms with E-state index in [9.17, 15) is 18.0 Å². The standard InChI is InChI=1S/C23H18N2O5S.C2H6/c26-22-16-8-1-2-9-17(16)23(27)24(22)14-7-15-25-18-10-3-4-11-19(18)30-20-12-5-6-13-21(20)31(25,28)29;1-2/h1-6,8-13H,7,14-15H2;1-2H3. The van der Waals surface area contributed by atoms with Gasteiger partial charge in [0.05, 0.1) is 16.8 Å². The molecule has 7 nitrogen and oxygen atoms in total. The first-order valence-electron chi connectivity index (χ1n) is 10.8. The van der Waals surface area contributed by atoms with E-state index in [1.807, 2.05) is 13.8 Å². The summed E-state index contributed by atoms with van der Waals surface area (Å²) in [6, 6.07) is 20.1. The van der Waals surface area contributed by atoms with Crippen molar-refractivity contribution in [2.45, 2.75) is 25.2 Å². The van der Waals surface area contributed by atoms with E-state index >= 15 is 0 Å². The van der Waals surface area contributed by atoms with E-state index in [1.54, 1.807) is 66.7 Å². The number of hydrogen-bond acceptors (Lipinski definition) is 5. The quantitative estimate of drug-likeness (QED) is 0.523. The smallest absolute Gasteiger partial charge is 0.268 e. The summed E-state index contributed by atoms with van der Waals surface area (Å²) < 4.78 is 34.0. The first-order chi connectivity index (χ1) is 16.0. The number of carbonyl (C=O) groups is 2. The molecule has 0 saturated heterocycles. The number of rotatable bonds is 4. The van der Waals surface area contributed by atoms with Crippen LogP contribution in [0.1, 0.15) is 41.0 Å². The lowest BCUT2D eigenvalue weighted by Crippen LogP contribution is -2.36. The number of carbonyl (C=O) groups excluding carboxylic acids is 2. The van der Waals surface area contributed by atoms with Gasteiger partial charge in [-0.25, -0.2) is 8.42 Å². The molecule has 5 rings (SSSR count). The van der Waals surface area contributed by atoms with E-state index in [4.69, 9.17) is 4.74 Å². The van der Waals surface area contributed by atoms with Crippen molar-refractivity contribution in [1.82, 2.24) is 4.90 Å². The van der Waals surface area contributed by atoms with Crippen LogP contribution in [0.4, 0.5) is 5.69 Å². The lowest BCUT2D eigenvalue weighted by atomic mass is 10.1. The Balaban J connectivity index is 0.00000126. The molecule has 33 heavy (non-hydrogen) atoms. The highest BCUT2D eigenvalue weighted by molar-refractivity contribution is 7.93. The number of amides is 2. The fraction of sp³-hybridized carbons (Fsp3) is 0.200. The number of imide groups is 1. The van der Waals surface area contributed by atoms with Crippen LogP contribution in [-0.2, 0) is 10.0 Å². The van der Waals surface area contributed by atoms with Crippen molar-refractivity contribution < 1.29 is 22.7 Å².